The molecule has 0 amide bonds. The Balaban J connectivity index is -0.00000117. The van der Waals surface area contributed by atoms with Crippen molar-refractivity contribution in [2.75, 3.05) is 26.9 Å². The summed E-state index contributed by atoms with van der Waals surface area (Å²) in [6, 6.07) is 40.9. The van der Waals surface area contributed by atoms with Gasteiger partial charge in [0.2, 0.25) is 12.2 Å². The van der Waals surface area contributed by atoms with Gasteiger partial charge in [-0.2, -0.15) is 15.3 Å². The average Bonchev–Trinajstić information content (AvgIpc) is 1.36. The summed E-state index contributed by atoms with van der Waals surface area (Å²) >= 11 is 38.9. The summed E-state index contributed by atoms with van der Waals surface area (Å²) < 4.78 is 36.9. The molecule has 0 spiro atoms. The number of carbonyl (C=O) groups excluding carboxylic acids is 3. The van der Waals surface area contributed by atoms with Crippen LogP contribution in [-0.2, 0) is 64.2 Å². The molecule has 2 N–H and O–H groups in total. The van der Waals surface area contributed by atoms with Crippen molar-refractivity contribution in [1.29, 1.82) is 0 Å². The van der Waals surface area contributed by atoms with E-state index in [1.165, 1.54) is 0 Å². The van der Waals surface area contributed by atoms with Gasteiger partial charge in [-0.25, -0.2) is 9.59 Å². The first kappa shape index (κ1) is 94.7. The Morgan fingerprint density at radius 2 is 0.938 bits per heavy atom. The first-order valence-corrected chi connectivity index (χ1v) is 30.5. The summed E-state index contributed by atoms with van der Waals surface area (Å²) in [5.74, 6) is -0.828. The Morgan fingerprint density at radius 1 is 0.588 bits per heavy atom. The molecule has 1 aliphatic heterocycles. The Bertz CT molecular complexity index is 3760. The van der Waals surface area contributed by atoms with Gasteiger partial charge in [0.1, 0.15) is 22.1 Å². The van der Waals surface area contributed by atoms with E-state index in [0.29, 0.717) is 93.1 Å². The first-order chi connectivity index (χ1) is 43.6. The van der Waals surface area contributed by atoms with E-state index >= 15 is 0 Å². The van der Waals surface area contributed by atoms with Crippen LogP contribution in [0.1, 0.15) is 91.5 Å². The molecule has 9 aromatic rings. The maximum atomic E-state index is 12.5. The molecule has 4 atom stereocenters. The second-order valence-electron chi connectivity index (χ2n) is 18.8. The molecule has 3 aromatic heterocycles. The number of hydrogen-bond acceptors (Lipinski definition) is 16. The van der Waals surface area contributed by atoms with Crippen LogP contribution in [0.3, 0.4) is 0 Å². The van der Waals surface area contributed by atoms with E-state index in [1.54, 1.807) is 182 Å². The number of benzene rings is 6. The standard InChI is InChI=1S/C20H18Cl2N2O3.C18H14Cl2N2O3.C10H10BrClO2.C10H9ClN2O.C5H10O2.CH2O3.4CH4.2K.H/c1-3-26-20(25)19(13-4-6-14(21)7-5-13)27-18-9-8-15(22)12-16(18)17-10-11-24(2)23-17;1-22-9-8-15(21-22)14-10-13(20)6-7-16(14)25-17(18(23)24)11-2-4-12(19)5-3-11;1-2-14-10(13)9(11)7-3-5-8(12)6-4-7;1-13-5-4-9(12-13)8-6-7(11)2-3-10(8)14;1-6-5-3-2-4-7-5;2-1-4-3;;;;;;;/h4-12,19H,3H2,1-2H3;2-10,17H,1H3,(H,23,24);3-6,9H,2H2,1H3;2-6,14H,1H3;5H,2-4H2,1H3;1,3H;4*1H4;;;/q;;;;;;;;;;2*+1;-1/p-1. The molecule has 0 aliphatic carbocycles. The summed E-state index contributed by atoms with van der Waals surface area (Å²) in [6.45, 7) is 4.85. The normalized spacial score (nSPS) is 12.1. The van der Waals surface area contributed by atoms with E-state index in [2.05, 4.69) is 36.1 Å². The van der Waals surface area contributed by atoms with Gasteiger partial charge in [0.25, 0.3) is 6.47 Å². The fraction of sp³-hybridized carbons (Fsp3) is 0.279. The number of aryl methyl sites for hydroxylation is 3. The predicted molar refractivity (Wildman–Crippen MR) is 377 cm³/mol. The second-order valence-corrected chi connectivity index (χ2v) is 22.3. The van der Waals surface area contributed by atoms with Gasteiger partial charge in [-0.3, -0.25) is 23.6 Å². The quantitative estimate of drug-likeness (QED) is 0.0215. The molecule has 6 aromatic carbocycles. The van der Waals surface area contributed by atoms with Crippen LogP contribution in [-0.4, -0.2) is 97.2 Å². The van der Waals surface area contributed by atoms with Crippen molar-refractivity contribution in [3.8, 4) is 51.0 Å². The topological polar surface area (TPSA) is 250 Å². The van der Waals surface area contributed by atoms with Gasteiger partial charge < -0.3 is 50.2 Å². The molecule has 0 saturated carbocycles. The van der Waals surface area contributed by atoms with Crippen LogP contribution in [0.15, 0.2) is 164 Å². The van der Waals surface area contributed by atoms with Gasteiger partial charge in [-0.15, -0.1) is 0 Å². The fourth-order valence-electron chi connectivity index (χ4n) is 7.98. The summed E-state index contributed by atoms with van der Waals surface area (Å²) in [4.78, 5) is 46.4. The van der Waals surface area contributed by atoms with Gasteiger partial charge in [0.15, 0.2) is 6.29 Å². The number of halogens is 7. The minimum atomic E-state index is -1.18. The Morgan fingerprint density at radius 3 is 1.28 bits per heavy atom. The third kappa shape index (κ3) is 32.0. The van der Waals surface area contributed by atoms with E-state index in [0.717, 1.165) is 25.0 Å². The molecule has 4 heterocycles. The minimum absolute atomic E-state index is 0. The van der Waals surface area contributed by atoms with Crippen molar-refractivity contribution in [3.63, 3.8) is 0 Å². The molecular formula is C68H79BrCl6K2N6O14. The third-order valence-electron chi connectivity index (χ3n) is 12.2. The van der Waals surface area contributed by atoms with Crippen LogP contribution in [0.25, 0.3) is 33.8 Å². The van der Waals surface area contributed by atoms with Gasteiger partial charge in [0.05, 0.1) is 30.3 Å². The molecule has 1 aliphatic rings. The van der Waals surface area contributed by atoms with Gasteiger partial charge in [0, 0.05) is 118 Å². The molecule has 20 nitrogen and oxygen atoms in total. The molecule has 4 unspecified atom stereocenters. The average molecular weight is 1580 g/mol. The molecule has 516 valence electrons. The van der Waals surface area contributed by atoms with Crippen LogP contribution < -0.4 is 118 Å². The monoisotopic (exact) mass is 1570 g/mol. The van der Waals surface area contributed by atoms with Gasteiger partial charge in [-0.1, -0.05) is 152 Å². The number of carboxylic acids is 1. The Labute approximate surface area is 692 Å². The van der Waals surface area contributed by atoms with E-state index in [1.807, 2.05) is 38.6 Å². The minimum Gasteiger partial charge on any atom is -1.00 e. The van der Waals surface area contributed by atoms with Gasteiger partial charge >= 0.3 is 121 Å². The van der Waals surface area contributed by atoms with Crippen molar-refractivity contribution >= 4 is 110 Å². The predicted octanol–water partition coefficient (Wildman–Crippen LogP) is 11.3. The molecular weight excluding hydrogens is 1500 g/mol. The van der Waals surface area contributed by atoms with Crippen molar-refractivity contribution < 1.29 is 172 Å². The summed E-state index contributed by atoms with van der Waals surface area (Å²) in [5.41, 5.74) is 5.96. The zero-order chi connectivity index (χ0) is 66.6. The van der Waals surface area contributed by atoms with Crippen LogP contribution >= 0.6 is 85.5 Å². The number of ether oxygens (including phenoxy) is 6. The number of methoxy groups -OCH3 is 1. The molecule has 1 fully saturated rings. The largest absolute Gasteiger partial charge is 1.00 e. The Hall–Kier alpha value is -4.40. The molecule has 0 bridgehead atoms. The van der Waals surface area contributed by atoms with Crippen LogP contribution in [0.2, 0.25) is 30.1 Å². The smallest absolute Gasteiger partial charge is 1.00 e. The van der Waals surface area contributed by atoms with Crippen molar-refractivity contribution in [3.05, 3.63) is 211 Å². The number of aromatic hydroxyl groups is 1. The maximum Gasteiger partial charge on any atom is 1.00 e. The van der Waals surface area contributed by atoms with E-state index < -0.39 is 29.0 Å². The molecule has 29 heteroatoms. The summed E-state index contributed by atoms with van der Waals surface area (Å²) in [7, 11) is 7.12. The van der Waals surface area contributed by atoms with E-state index in [4.69, 9.17) is 108 Å². The molecule has 0 radical (unpaired) electrons. The maximum absolute atomic E-state index is 12.5. The Kier molecular flexibility index (Phi) is 48.8. The number of carboxylic acid groups (broad SMARTS) is 1. The zero-order valence-electron chi connectivity index (χ0n) is 52.6. The van der Waals surface area contributed by atoms with E-state index in [-0.39, 0.29) is 165 Å². The molecule has 97 heavy (non-hydrogen) atoms. The number of rotatable bonds is 17. The number of aromatic nitrogens is 6. The SMILES string of the molecule is C.C.C.C.CCOC(=O)C(Br)c1ccc(Cl)cc1.CCOC(=O)C(Oc1ccc(Cl)cc1-c1ccn(C)n1)c1ccc(Cl)cc1.COC1CCCO1.Cn1ccc(-c2cc(Cl)ccc2O)n1.Cn1ccc(-c2cc(Cl)ccc2OC(C(=O)O)c2ccc(Cl)cc2)n1.O=CO[O-].[H-].[K+].[K+]. The number of hydrogen-bond donors (Lipinski definition) is 2. The van der Waals surface area contributed by atoms with Crippen molar-refractivity contribution in [2.24, 2.45) is 21.1 Å². The first-order valence-electron chi connectivity index (χ1n) is 27.3. The second kappa shape index (κ2) is 50.0. The molecule has 1 saturated heterocycles. The van der Waals surface area contributed by atoms with E-state index in [9.17, 15) is 24.6 Å². The number of nitrogens with zero attached hydrogens (tertiary/aromatic N) is 6. The number of aliphatic carboxylic acids is 1. The summed E-state index contributed by atoms with van der Waals surface area (Å²) in [5, 5.41) is 43.9. The number of alkyl halides is 1. The van der Waals surface area contributed by atoms with Gasteiger partial charge in [-0.05, 0) is 135 Å². The van der Waals surface area contributed by atoms with Crippen LogP contribution in [0.5, 0.6) is 17.2 Å². The van der Waals surface area contributed by atoms with Crippen molar-refractivity contribution in [2.45, 2.75) is 79.7 Å². The fourth-order valence-corrected chi connectivity index (χ4v) is 9.31. The number of phenols is 1. The van der Waals surface area contributed by atoms with Crippen LogP contribution in [0, 0.1) is 0 Å². The number of phenolic OH excluding ortho intramolecular Hbond substituents is 1. The number of carbonyl (C=O) groups is 4. The van der Waals surface area contributed by atoms with Crippen molar-refractivity contribution in [1.82, 2.24) is 29.3 Å². The van der Waals surface area contributed by atoms with Crippen LogP contribution in [0.4, 0.5) is 0 Å². The zero-order valence-corrected chi connectivity index (χ0v) is 64.0. The summed E-state index contributed by atoms with van der Waals surface area (Å²) in [6.07, 6.45) is 5.62. The third-order valence-corrected chi connectivity index (χ3v) is 14.6. The number of esters is 2. The molecule has 10 rings (SSSR count).